The molecule has 4 rings (SSSR count). The van der Waals surface area contributed by atoms with E-state index in [0.717, 1.165) is 37.0 Å². The predicted octanol–water partition coefficient (Wildman–Crippen LogP) is 2.56. The summed E-state index contributed by atoms with van der Waals surface area (Å²) in [6, 6.07) is 3.63. The maximum atomic E-state index is 13.0. The van der Waals surface area contributed by atoms with Crippen molar-refractivity contribution in [1.82, 2.24) is 14.5 Å². The van der Waals surface area contributed by atoms with Gasteiger partial charge in [0.25, 0.3) is 5.91 Å². The van der Waals surface area contributed by atoms with E-state index in [1.807, 2.05) is 6.92 Å². The molecule has 0 bridgehead atoms. The van der Waals surface area contributed by atoms with E-state index in [2.05, 4.69) is 10.6 Å². The van der Waals surface area contributed by atoms with Crippen molar-refractivity contribution in [3.63, 3.8) is 0 Å². The van der Waals surface area contributed by atoms with E-state index in [9.17, 15) is 22.8 Å². The SMILES string of the molecule is C[C@@H]1CCCC[C@]12NC(=O)N(CC(=O)Nc1ccc(Cl)c(S(=O)(=O)N3CCCC3)c1)C2=O. The highest BCUT2D eigenvalue weighted by molar-refractivity contribution is 7.89. The number of nitrogens with zero attached hydrogens (tertiary/aromatic N) is 2. The number of rotatable bonds is 5. The number of halogens is 1. The fraction of sp³-hybridized carbons (Fsp3) is 0.571. The zero-order chi connectivity index (χ0) is 23.1. The van der Waals surface area contributed by atoms with Gasteiger partial charge in [0, 0.05) is 18.8 Å². The second-order valence-corrected chi connectivity index (χ2v) is 11.1. The zero-order valence-electron chi connectivity index (χ0n) is 17.9. The van der Waals surface area contributed by atoms with E-state index in [-0.39, 0.29) is 27.4 Å². The molecule has 2 saturated heterocycles. The summed E-state index contributed by atoms with van der Waals surface area (Å²) in [6.07, 6.45) is 4.83. The minimum Gasteiger partial charge on any atom is -0.324 e. The molecule has 1 spiro atoms. The summed E-state index contributed by atoms with van der Waals surface area (Å²) in [7, 11) is -3.77. The van der Waals surface area contributed by atoms with Gasteiger partial charge in [-0.25, -0.2) is 13.2 Å². The van der Waals surface area contributed by atoms with Crippen LogP contribution in [-0.4, -0.2) is 60.6 Å². The summed E-state index contributed by atoms with van der Waals surface area (Å²) in [4.78, 5) is 39.0. The molecule has 1 aliphatic carbocycles. The van der Waals surface area contributed by atoms with Gasteiger partial charge < -0.3 is 10.6 Å². The van der Waals surface area contributed by atoms with Crippen molar-refractivity contribution in [2.75, 3.05) is 25.0 Å². The fourth-order valence-electron chi connectivity index (χ4n) is 4.83. The van der Waals surface area contributed by atoms with Gasteiger partial charge >= 0.3 is 6.03 Å². The first-order chi connectivity index (χ1) is 15.1. The number of benzene rings is 1. The summed E-state index contributed by atoms with van der Waals surface area (Å²) >= 11 is 6.14. The number of carbonyl (C=O) groups is 3. The van der Waals surface area contributed by atoms with Crippen LogP contribution >= 0.6 is 11.6 Å². The van der Waals surface area contributed by atoms with Crippen LogP contribution in [0.3, 0.4) is 0 Å². The van der Waals surface area contributed by atoms with Gasteiger partial charge in [0.15, 0.2) is 0 Å². The third-order valence-electron chi connectivity index (χ3n) is 6.70. The Morgan fingerprint density at radius 2 is 1.94 bits per heavy atom. The van der Waals surface area contributed by atoms with Crippen LogP contribution in [0.15, 0.2) is 23.1 Å². The molecule has 9 nitrogen and oxygen atoms in total. The van der Waals surface area contributed by atoms with Crippen LogP contribution < -0.4 is 10.6 Å². The molecule has 2 heterocycles. The Morgan fingerprint density at radius 1 is 1.22 bits per heavy atom. The maximum absolute atomic E-state index is 13.0. The number of carbonyl (C=O) groups excluding carboxylic acids is 3. The highest BCUT2D eigenvalue weighted by atomic mass is 35.5. The molecule has 0 unspecified atom stereocenters. The first-order valence-corrected chi connectivity index (χ1v) is 12.7. The number of anilines is 1. The zero-order valence-corrected chi connectivity index (χ0v) is 19.5. The van der Waals surface area contributed by atoms with E-state index in [0.29, 0.717) is 19.5 Å². The lowest BCUT2D eigenvalue weighted by atomic mass is 9.73. The molecule has 0 radical (unpaired) electrons. The number of urea groups is 1. The molecule has 174 valence electrons. The molecule has 1 aromatic carbocycles. The second-order valence-electron chi connectivity index (χ2n) is 8.74. The number of amides is 4. The minimum absolute atomic E-state index is 0.00428. The van der Waals surface area contributed by atoms with E-state index in [1.54, 1.807) is 0 Å². The Balaban J connectivity index is 1.48. The molecule has 1 saturated carbocycles. The van der Waals surface area contributed by atoms with Crippen LogP contribution in [0.4, 0.5) is 10.5 Å². The highest BCUT2D eigenvalue weighted by Crippen LogP contribution is 2.38. The van der Waals surface area contributed by atoms with Crippen LogP contribution in [0.25, 0.3) is 0 Å². The first-order valence-electron chi connectivity index (χ1n) is 10.9. The Bertz CT molecular complexity index is 1060. The maximum Gasteiger partial charge on any atom is 0.325 e. The second kappa shape index (κ2) is 8.64. The normalized spacial score (nSPS) is 26.6. The topological polar surface area (TPSA) is 116 Å². The lowest BCUT2D eigenvalue weighted by Gasteiger charge is -2.36. The van der Waals surface area contributed by atoms with Crippen LogP contribution in [0.5, 0.6) is 0 Å². The summed E-state index contributed by atoms with van der Waals surface area (Å²) in [5, 5.41) is 5.47. The van der Waals surface area contributed by atoms with E-state index >= 15 is 0 Å². The predicted molar refractivity (Wildman–Crippen MR) is 119 cm³/mol. The van der Waals surface area contributed by atoms with Gasteiger partial charge in [-0.1, -0.05) is 31.4 Å². The lowest BCUT2D eigenvalue weighted by Crippen LogP contribution is -2.54. The van der Waals surface area contributed by atoms with Crippen molar-refractivity contribution < 1.29 is 22.8 Å². The van der Waals surface area contributed by atoms with Crippen molar-refractivity contribution in [3.8, 4) is 0 Å². The van der Waals surface area contributed by atoms with E-state index in [1.165, 1.54) is 22.5 Å². The first kappa shape index (κ1) is 23.0. The monoisotopic (exact) mass is 482 g/mol. The van der Waals surface area contributed by atoms with Gasteiger partial charge in [-0.2, -0.15) is 4.31 Å². The summed E-state index contributed by atoms with van der Waals surface area (Å²) in [6.45, 7) is 2.36. The molecular formula is C21H27ClN4O5S. The molecule has 2 N–H and O–H groups in total. The average Bonchev–Trinajstić information content (AvgIpc) is 3.36. The minimum atomic E-state index is -3.77. The molecule has 3 fully saturated rings. The third-order valence-corrected chi connectivity index (χ3v) is 9.08. The highest BCUT2D eigenvalue weighted by Gasteiger charge is 2.55. The van der Waals surface area contributed by atoms with Crippen molar-refractivity contribution in [2.24, 2.45) is 5.92 Å². The van der Waals surface area contributed by atoms with Crippen LogP contribution in [-0.2, 0) is 19.6 Å². The van der Waals surface area contributed by atoms with E-state index in [4.69, 9.17) is 11.6 Å². The Morgan fingerprint density at radius 3 is 2.62 bits per heavy atom. The van der Waals surface area contributed by atoms with Gasteiger partial charge in [0.05, 0.1) is 5.02 Å². The molecule has 2 atom stereocenters. The summed E-state index contributed by atoms with van der Waals surface area (Å²) in [5.74, 6) is -0.977. The van der Waals surface area contributed by atoms with Gasteiger partial charge in [-0.3, -0.25) is 14.5 Å². The standard InChI is InChI=1S/C21H27ClN4O5S/c1-14-6-2-3-9-21(14)19(28)26(20(29)24-21)13-18(27)23-15-7-8-16(22)17(12-15)32(30,31)25-10-4-5-11-25/h7-8,12,14H,2-6,9-11,13H2,1H3,(H,23,27)(H,24,29)/t14-,21+/m1/s1. The van der Waals surface area contributed by atoms with Crippen molar-refractivity contribution in [1.29, 1.82) is 0 Å². The smallest absolute Gasteiger partial charge is 0.324 e. The summed E-state index contributed by atoms with van der Waals surface area (Å²) < 4.78 is 27.1. The number of hydrogen-bond acceptors (Lipinski definition) is 5. The Kier molecular flexibility index (Phi) is 6.21. The molecular weight excluding hydrogens is 456 g/mol. The van der Waals surface area contributed by atoms with Crippen LogP contribution in [0, 0.1) is 5.92 Å². The number of sulfonamides is 1. The van der Waals surface area contributed by atoms with Gasteiger partial charge in [-0.05, 0) is 49.8 Å². The number of hydrogen-bond donors (Lipinski definition) is 2. The molecule has 3 aliphatic rings. The van der Waals surface area contributed by atoms with Crippen molar-refractivity contribution >= 4 is 45.2 Å². The van der Waals surface area contributed by atoms with Gasteiger partial charge in [0.2, 0.25) is 15.9 Å². The Labute approximate surface area is 192 Å². The van der Waals surface area contributed by atoms with Gasteiger partial charge in [0.1, 0.15) is 17.0 Å². The fourth-order valence-corrected chi connectivity index (χ4v) is 6.85. The van der Waals surface area contributed by atoms with Crippen LogP contribution in [0.1, 0.15) is 45.4 Å². The lowest BCUT2D eigenvalue weighted by molar-refractivity contribution is -0.136. The largest absolute Gasteiger partial charge is 0.325 e. The quantitative estimate of drug-likeness (QED) is 0.626. The van der Waals surface area contributed by atoms with Gasteiger partial charge in [-0.15, -0.1) is 0 Å². The molecule has 32 heavy (non-hydrogen) atoms. The molecule has 11 heteroatoms. The third kappa shape index (κ3) is 3.99. The van der Waals surface area contributed by atoms with Crippen LogP contribution in [0.2, 0.25) is 5.02 Å². The molecule has 2 aliphatic heterocycles. The van der Waals surface area contributed by atoms with Crippen molar-refractivity contribution in [2.45, 2.75) is 55.9 Å². The van der Waals surface area contributed by atoms with E-state index < -0.39 is 34.0 Å². The average molecular weight is 483 g/mol. The summed E-state index contributed by atoms with van der Waals surface area (Å²) in [5.41, 5.74) is -0.711. The van der Waals surface area contributed by atoms with Crippen molar-refractivity contribution in [3.05, 3.63) is 23.2 Å². The Hall–Kier alpha value is -2.17. The molecule has 4 amide bonds. The number of nitrogens with one attached hydrogen (secondary N) is 2. The number of imide groups is 1. The molecule has 0 aromatic heterocycles. The molecule has 1 aromatic rings.